The molecule has 2 heterocycles. The second-order valence-electron chi connectivity index (χ2n) is 12.7. The van der Waals surface area contributed by atoms with Crippen molar-refractivity contribution in [1.82, 2.24) is 14.9 Å². The summed E-state index contributed by atoms with van der Waals surface area (Å²) >= 11 is 0. The summed E-state index contributed by atoms with van der Waals surface area (Å²) in [6, 6.07) is 11.9. The van der Waals surface area contributed by atoms with E-state index in [2.05, 4.69) is 33.1 Å². The zero-order chi connectivity index (χ0) is 34.3. The zero-order valence-corrected chi connectivity index (χ0v) is 25.6. The number of nitrogens with two attached hydrogens (primary N) is 1. The number of rotatable bonds is 9. The first kappa shape index (κ1) is 33.0. The third-order valence-electron chi connectivity index (χ3n) is 7.99. The standard InChI is InChI=1S/C33H31F5N8O/c1-31(2,3)17-43-27-19(14-40)15-42-26-18(13-39)11-20(12-24(26)27)45-28(25(41)16-44-32(8-9-32)33(36,37)38)22-5-4-6-23-21(22)7-10-46(29(23)47)30(34)35/h4-7,10-12,15-16,28,30,44-45H,8-9,17,41H2,1-3H3,(H,42,43)/b25-16-/t28-/m0/s1. The Morgan fingerprint density at radius 2 is 1.79 bits per heavy atom. The van der Waals surface area contributed by atoms with E-state index >= 15 is 0 Å². The van der Waals surface area contributed by atoms with Crippen LogP contribution in [0.1, 0.15) is 62.9 Å². The predicted molar refractivity (Wildman–Crippen MR) is 168 cm³/mol. The number of benzene rings is 2. The van der Waals surface area contributed by atoms with Gasteiger partial charge in [-0.05, 0) is 53.5 Å². The van der Waals surface area contributed by atoms with E-state index in [9.17, 15) is 37.3 Å². The molecule has 14 heteroatoms. The van der Waals surface area contributed by atoms with Crippen molar-refractivity contribution in [1.29, 1.82) is 10.5 Å². The van der Waals surface area contributed by atoms with Gasteiger partial charge in [0.1, 0.15) is 17.7 Å². The van der Waals surface area contributed by atoms with E-state index in [0.717, 1.165) is 12.4 Å². The number of hydrogen-bond donors (Lipinski definition) is 4. The number of nitriles is 2. The lowest BCUT2D eigenvalue weighted by Gasteiger charge is -2.25. The first-order valence-corrected chi connectivity index (χ1v) is 14.6. The van der Waals surface area contributed by atoms with Crippen molar-refractivity contribution in [2.24, 2.45) is 11.1 Å². The second-order valence-corrected chi connectivity index (χ2v) is 12.7. The number of nitrogens with one attached hydrogen (secondary N) is 3. The van der Waals surface area contributed by atoms with Gasteiger partial charge < -0.3 is 21.7 Å². The highest BCUT2D eigenvalue weighted by Gasteiger charge is 2.63. The highest BCUT2D eigenvalue weighted by molar-refractivity contribution is 5.99. The molecular weight excluding hydrogens is 619 g/mol. The van der Waals surface area contributed by atoms with Crippen molar-refractivity contribution >= 4 is 33.1 Å². The van der Waals surface area contributed by atoms with Gasteiger partial charge in [0.15, 0.2) is 0 Å². The number of hydrogen-bond acceptors (Lipinski definition) is 8. The molecule has 0 radical (unpaired) electrons. The summed E-state index contributed by atoms with van der Waals surface area (Å²) in [5, 5.41) is 29.4. The minimum Gasteiger partial charge on any atom is -0.399 e. The molecule has 1 fully saturated rings. The minimum atomic E-state index is -4.53. The molecule has 0 bridgehead atoms. The molecule has 1 aliphatic carbocycles. The molecule has 9 nitrogen and oxygen atoms in total. The molecule has 5 rings (SSSR count). The molecule has 0 aliphatic heterocycles. The van der Waals surface area contributed by atoms with Crippen molar-refractivity contribution in [3.8, 4) is 12.1 Å². The molecule has 1 saturated carbocycles. The molecule has 1 aliphatic rings. The van der Waals surface area contributed by atoms with Gasteiger partial charge in [0.25, 0.3) is 5.56 Å². The van der Waals surface area contributed by atoms with Crippen LogP contribution in [0.5, 0.6) is 0 Å². The molecule has 47 heavy (non-hydrogen) atoms. The van der Waals surface area contributed by atoms with E-state index in [4.69, 9.17) is 5.73 Å². The molecule has 2 aromatic carbocycles. The Morgan fingerprint density at radius 3 is 2.38 bits per heavy atom. The first-order valence-electron chi connectivity index (χ1n) is 14.6. The molecule has 0 amide bonds. The van der Waals surface area contributed by atoms with Gasteiger partial charge in [0, 0.05) is 41.6 Å². The van der Waals surface area contributed by atoms with Crippen LogP contribution in [-0.2, 0) is 0 Å². The fraction of sp³-hybridized carbons (Fsp3) is 0.333. The van der Waals surface area contributed by atoms with Crippen molar-refractivity contribution in [3.63, 3.8) is 0 Å². The zero-order valence-electron chi connectivity index (χ0n) is 25.6. The van der Waals surface area contributed by atoms with Crippen molar-refractivity contribution in [2.45, 2.75) is 57.9 Å². The normalized spacial score (nSPS) is 15.3. The molecular formula is C33H31F5N8O. The number of aromatic nitrogens is 2. The average Bonchev–Trinajstić information content (AvgIpc) is 3.82. The molecule has 244 valence electrons. The summed E-state index contributed by atoms with van der Waals surface area (Å²) in [5.74, 6) is 0. The summed E-state index contributed by atoms with van der Waals surface area (Å²) in [7, 11) is 0. The molecule has 5 N–H and O–H groups in total. The number of halogens is 5. The average molecular weight is 651 g/mol. The SMILES string of the molecule is CC(C)(C)CNc1c(C#N)cnc2c(C#N)cc(N[C@H](/C(N)=C/NC3(C(F)(F)F)CC3)c3cccc4c(=O)n(C(F)F)ccc34)cc12. The topological polar surface area (TPSA) is 145 Å². The van der Waals surface area contributed by atoms with Gasteiger partial charge in [-0.2, -0.15) is 32.5 Å². The van der Waals surface area contributed by atoms with Crippen molar-refractivity contribution in [2.75, 3.05) is 17.2 Å². The number of nitrogens with zero attached hydrogens (tertiary/aromatic N) is 4. The maximum atomic E-state index is 13.7. The fourth-order valence-electron chi connectivity index (χ4n) is 5.27. The van der Waals surface area contributed by atoms with Gasteiger partial charge in [-0.1, -0.05) is 32.9 Å². The third-order valence-corrected chi connectivity index (χ3v) is 7.99. The largest absolute Gasteiger partial charge is 0.411 e. The third kappa shape index (κ3) is 6.49. The lowest BCUT2D eigenvalue weighted by molar-refractivity contribution is -0.163. The number of anilines is 2. The van der Waals surface area contributed by atoms with E-state index in [1.54, 1.807) is 12.1 Å². The molecule has 0 spiro atoms. The van der Waals surface area contributed by atoms with Gasteiger partial charge >= 0.3 is 12.7 Å². The Morgan fingerprint density at radius 1 is 1.09 bits per heavy atom. The van der Waals surface area contributed by atoms with Gasteiger partial charge in [-0.25, -0.2) is 0 Å². The van der Waals surface area contributed by atoms with Crippen LogP contribution in [-0.4, -0.2) is 27.8 Å². The lowest BCUT2D eigenvalue weighted by Crippen LogP contribution is -2.42. The summed E-state index contributed by atoms with van der Waals surface area (Å²) < 4.78 is 68.5. The minimum absolute atomic E-state index is 0.0560. The fourth-order valence-corrected chi connectivity index (χ4v) is 5.27. The summed E-state index contributed by atoms with van der Waals surface area (Å²) in [6.07, 6.45) is -1.47. The van der Waals surface area contributed by atoms with E-state index in [1.165, 1.54) is 30.5 Å². The number of pyridine rings is 2. The lowest BCUT2D eigenvalue weighted by atomic mass is 9.96. The molecule has 0 saturated heterocycles. The van der Waals surface area contributed by atoms with Crippen molar-refractivity contribution in [3.05, 3.63) is 87.7 Å². The van der Waals surface area contributed by atoms with Crippen LogP contribution in [0.4, 0.5) is 33.3 Å². The number of fused-ring (bicyclic) bond motifs is 2. The van der Waals surface area contributed by atoms with E-state index < -0.39 is 29.9 Å². The highest BCUT2D eigenvalue weighted by atomic mass is 19.4. The Kier molecular flexibility index (Phi) is 8.50. The van der Waals surface area contributed by atoms with Crippen molar-refractivity contribution < 1.29 is 22.0 Å². The van der Waals surface area contributed by atoms with Crippen LogP contribution < -0.4 is 27.2 Å². The summed E-state index contributed by atoms with van der Waals surface area (Å²) in [4.78, 5) is 17.2. The summed E-state index contributed by atoms with van der Waals surface area (Å²) in [5.41, 5.74) is 4.81. The summed E-state index contributed by atoms with van der Waals surface area (Å²) in [6.45, 7) is 3.38. The number of alkyl halides is 5. The van der Waals surface area contributed by atoms with E-state index in [0.29, 0.717) is 34.4 Å². The predicted octanol–water partition coefficient (Wildman–Crippen LogP) is 6.78. The smallest absolute Gasteiger partial charge is 0.399 e. The first-order chi connectivity index (χ1) is 22.1. The van der Waals surface area contributed by atoms with E-state index in [-0.39, 0.29) is 50.4 Å². The molecule has 1 atom stereocenters. The second kappa shape index (κ2) is 12.1. The monoisotopic (exact) mass is 650 g/mol. The molecule has 0 unspecified atom stereocenters. The Labute approximate surface area is 266 Å². The maximum absolute atomic E-state index is 13.7. The van der Waals surface area contributed by atoms with Crippen LogP contribution in [0.2, 0.25) is 0 Å². The molecule has 4 aromatic rings. The van der Waals surface area contributed by atoms with Gasteiger partial charge in [0.2, 0.25) is 0 Å². The van der Waals surface area contributed by atoms with Crippen LogP contribution in [0.3, 0.4) is 0 Å². The van der Waals surface area contributed by atoms with Crippen LogP contribution >= 0.6 is 0 Å². The van der Waals surface area contributed by atoms with Crippen LogP contribution in [0.25, 0.3) is 21.7 Å². The van der Waals surface area contributed by atoms with Crippen LogP contribution in [0, 0.1) is 28.1 Å². The van der Waals surface area contributed by atoms with Gasteiger partial charge in [-0.3, -0.25) is 14.3 Å². The Bertz CT molecular complexity index is 2030. The Balaban J connectivity index is 1.68. The van der Waals surface area contributed by atoms with Crippen LogP contribution in [0.15, 0.2) is 65.5 Å². The molecule has 2 aromatic heterocycles. The van der Waals surface area contributed by atoms with E-state index in [1.807, 2.05) is 20.8 Å². The van der Waals surface area contributed by atoms with Gasteiger partial charge in [0.05, 0.1) is 34.1 Å². The quantitative estimate of drug-likeness (QED) is 0.145. The Hall–Kier alpha value is -5.37. The highest BCUT2D eigenvalue weighted by Crippen LogP contribution is 2.49. The maximum Gasteiger partial charge on any atom is 0.411 e. The van der Waals surface area contributed by atoms with Gasteiger partial charge in [-0.15, -0.1) is 0 Å².